The fourth-order valence-electron chi connectivity index (χ4n) is 2.16. The van der Waals surface area contributed by atoms with Crippen molar-refractivity contribution in [3.63, 3.8) is 0 Å². The molecular weight excluding hydrogens is 288 g/mol. The molecule has 0 fully saturated rings. The molecular formula is C15H18N2O3S. The average molecular weight is 306 g/mol. The number of benzene rings is 1. The van der Waals surface area contributed by atoms with Gasteiger partial charge in [-0.1, -0.05) is 24.8 Å². The fraction of sp³-hybridized carbons (Fsp3) is 0.400. The van der Waals surface area contributed by atoms with Crippen LogP contribution in [0.2, 0.25) is 0 Å². The highest BCUT2D eigenvalue weighted by Crippen LogP contribution is 2.35. The molecule has 1 aromatic carbocycles. The van der Waals surface area contributed by atoms with Gasteiger partial charge in [0.1, 0.15) is 6.26 Å². The van der Waals surface area contributed by atoms with Crippen LogP contribution in [0.5, 0.6) is 11.5 Å². The standard InChI is InChI=1S/C15H18N2O3S/c1-2-5-16-12(9-21-15-17-6-7-18-15)11-3-4-13-14(8-11)20-10-19-13/h3-4,6-8,12,16H,2,5,9-10H2,1H3. The van der Waals surface area contributed by atoms with E-state index in [0.717, 1.165) is 30.2 Å². The normalized spacial score (nSPS) is 14.3. The lowest BCUT2D eigenvalue weighted by Crippen LogP contribution is -2.24. The van der Waals surface area contributed by atoms with Crippen LogP contribution in [0.15, 0.2) is 40.3 Å². The molecule has 0 spiro atoms. The maximum absolute atomic E-state index is 5.46. The van der Waals surface area contributed by atoms with Crippen LogP contribution >= 0.6 is 11.8 Å². The van der Waals surface area contributed by atoms with Gasteiger partial charge in [-0.25, -0.2) is 4.98 Å². The highest BCUT2D eigenvalue weighted by Gasteiger charge is 2.18. The van der Waals surface area contributed by atoms with Gasteiger partial charge in [-0.3, -0.25) is 0 Å². The van der Waals surface area contributed by atoms with E-state index < -0.39 is 0 Å². The number of rotatable bonds is 7. The summed E-state index contributed by atoms with van der Waals surface area (Å²) in [5, 5.41) is 4.25. The number of nitrogens with zero attached hydrogens (tertiary/aromatic N) is 1. The smallest absolute Gasteiger partial charge is 0.255 e. The second kappa shape index (κ2) is 6.87. The first-order chi connectivity index (χ1) is 10.4. The highest BCUT2D eigenvalue weighted by atomic mass is 32.2. The zero-order valence-electron chi connectivity index (χ0n) is 11.9. The molecule has 1 aliphatic heterocycles. The van der Waals surface area contributed by atoms with Crippen LogP contribution in [0.4, 0.5) is 0 Å². The zero-order chi connectivity index (χ0) is 14.5. The summed E-state index contributed by atoms with van der Waals surface area (Å²) in [7, 11) is 0. The first kappa shape index (κ1) is 14.3. The number of thioether (sulfide) groups is 1. The Bertz CT molecular complexity index is 574. The van der Waals surface area contributed by atoms with Crippen molar-refractivity contribution in [3.8, 4) is 11.5 Å². The first-order valence-corrected chi connectivity index (χ1v) is 8.00. The van der Waals surface area contributed by atoms with Crippen molar-refractivity contribution in [2.45, 2.75) is 24.6 Å². The monoisotopic (exact) mass is 306 g/mol. The van der Waals surface area contributed by atoms with E-state index in [1.807, 2.05) is 12.1 Å². The zero-order valence-corrected chi connectivity index (χ0v) is 12.7. The highest BCUT2D eigenvalue weighted by molar-refractivity contribution is 7.99. The topological polar surface area (TPSA) is 56.5 Å². The number of ether oxygens (including phenoxy) is 2. The van der Waals surface area contributed by atoms with Crippen molar-refractivity contribution in [2.24, 2.45) is 0 Å². The van der Waals surface area contributed by atoms with Crippen molar-refractivity contribution >= 4 is 11.8 Å². The Balaban J connectivity index is 1.71. The van der Waals surface area contributed by atoms with Crippen LogP contribution in [-0.4, -0.2) is 24.1 Å². The molecule has 3 rings (SSSR count). The largest absolute Gasteiger partial charge is 0.454 e. The summed E-state index contributed by atoms with van der Waals surface area (Å²) in [6, 6.07) is 6.31. The Labute approximate surface area is 128 Å². The maximum atomic E-state index is 5.46. The molecule has 1 aromatic heterocycles. The van der Waals surface area contributed by atoms with E-state index in [-0.39, 0.29) is 6.04 Å². The molecule has 0 bridgehead atoms. The molecule has 6 heteroatoms. The third-order valence-corrected chi connectivity index (χ3v) is 4.17. The van der Waals surface area contributed by atoms with Gasteiger partial charge in [-0.15, -0.1) is 0 Å². The van der Waals surface area contributed by atoms with Crippen LogP contribution in [0, 0.1) is 0 Å². The van der Waals surface area contributed by atoms with Gasteiger partial charge >= 0.3 is 0 Å². The van der Waals surface area contributed by atoms with E-state index in [9.17, 15) is 0 Å². The molecule has 1 unspecified atom stereocenters. The van der Waals surface area contributed by atoms with Gasteiger partial charge in [-0.2, -0.15) is 0 Å². The van der Waals surface area contributed by atoms with Gasteiger partial charge in [-0.05, 0) is 30.7 Å². The first-order valence-electron chi connectivity index (χ1n) is 7.02. The van der Waals surface area contributed by atoms with Gasteiger partial charge in [0.25, 0.3) is 5.22 Å². The average Bonchev–Trinajstić information content (AvgIpc) is 3.17. The molecule has 1 atom stereocenters. The minimum atomic E-state index is 0.219. The van der Waals surface area contributed by atoms with Gasteiger partial charge in [0.2, 0.25) is 6.79 Å². The van der Waals surface area contributed by atoms with Crippen molar-refractivity contribution < 1.29 is 13.9 Å². The van der Waals surface area contributed by atoms with Crippen molar-refractivity contribution in [1.29, 1.82) is 0 Å². The van der Waals surface area contributed by atoms with Crippen molar-refractivity contribution in [2.75, 3.05) is 19.1 Å². The molecule has 1 N–H and O–H groups in total. The van der Waals surface area contributed by atoms with E-state index in [1.54, 1.807) is 24.2 Å². The molecule has 0 amide bonds. The molecule has 0 radical (unpaired) electrons. The van der Waals surface area contributed by atoms with Gasteiger partial charge in [0.15, 0.2) is 11.5 Å². The number of nitrogens with one attached hydrogen (secondary N) is 1. The van der Waals surface area contributed by atoms with Gasteiger partial charge < -0.3 is 19.2 Å². The number of fused-ring (bicyclic) bond motifs is 1. The Morgan fingerprint density at radius 3 is 3.05 bits per heavy atom. The third-order valence-electron chi connectivity index (χ3n) is 3.22. The van der Waals surface area contributed by atoms with Crippen molar-refractivity contribution in [1.82, 2.24) is 10.3 Å². The SMILES string of the molecule is CCCNC(CSc1ncco1)c1ccc2c(c1)OCO2. The summed E-state index contributed by atoms with van der Waals surface area (Å²) in [5.41, 5.74) is 1.19. The molecule has 0 saturated heterocycles. The quantitative estimate of drug-likeness (QED) is 0.793. The molecule has 2 aromatic rings. The lowest BCUT2D eigenvalue weighted by molar-refractivity contribution is 0.174. The summed E-state index contributed by atoms with van der Waals surface area (Å²) in [4.78, 5) is 4.14. The second-order valence-electron chi connectivity index (χ2n) is 4.73. The lowest BCUT2D eigenvalue weighted by atomic mass is 10.1. The Morgan fingerprint density at radius 2 is 2.24 bits per heavy atom. The van der Waals surface area contributed by atoms with E-state index >= 15 is 0 Å². The van der Waals surface area contributed by atoms with E-state index in [2.05, 4.69) is 23.3 Å². The predicted octanol–water partition coefficient (Wildman–Crippen LogP) is 3.24. The Hall–Kier alpha value is -1.66. The predicted molar refractivity (Wildman–Crippen MR) is 80.8 cm³/mol. The summed E-state index contributed by atoms with van der Waals surface area (Å²) in [5.74, 6) is 2.48. The van der Waals surface area contributed by atoms with Gasteiger partial charge in [0, 0.05) is 11.8 Å². The number of aromatic nitrogens is 1. The molecule has 112 valence electrons. The molecule has 5 nitrogen and oxygen atoms in total. The third kappa shape index (κ3) is 3.51. The Morgan fingerprint density at radius 1 is 1.33 bits per heavy atom. The lowest BCUT2D eigenvalue weighted by Gasteiger charge is -2.18. The minimum absolute atomic E-state index is 0.219. The van der Waals surface area contributed by atoms with Crippen LogP contribution in [-0.2, 0) is 0 Å². The molecule has 2 heterocycles. The number of hydrogen-bond acceptors (Lipinski definition) is 6. The van der Waals surface area contributed by atoms with Gasteiger partial charge in [0.05, 0.1) is 6.20 Å². The summed E-state index contributed by atoms with van der Waals surface area (Å²) in [6.07, 6.45) is 4.35. The van der Waals surface area contributed by atoms with E-state index in [1.165, 1.54) is 5.56 Å². The second-order valence-corrected chi connectivity index (χ2v) is 5.70. The fourth-order valence-corrected chi connectivity index (χ4v) is 3.04. The maximum Gasteiger partial charge on any atom is 0.255 e. The van der Waals surface area contributed by atoms with Crippen LogP contribution in [0.25, 0.3) is 0 Å². The summed E-state index contributed by atoms with van der Waals surface area (Å²) < 4.78 is 16.1. The van der Waals surface area contributed by atoms with E-state index in [4.69, 9.17) is 13.9 Å². The molecule has 21 heavy (non-hydrogen) atoms. The Kier molecular flexibility index (Phi) is 4.67. The van der Waals surface area contributed by atoms with E-state index in [0.29, 0.717) is 12.0 Å². The summed E-state index contributed by atoms with van der Waals surface area (Å²) in [6.45, 7) is 3.42. The minimum Gasteiger partial charge on any atom is -0.454 e. The summed E-state index contributed by atoms with van der Waals surface area (Å²) >= 11 is 1.60. The number of hydrogen-bond donors (Lipinski definition) is 1. The number of oxazole rings is 1. The van der Waals surface area contributed by atoms with Crippen LogP contribution in [0.3, 0.4) is 0 Å². The molecule has 1 aliphatic rings. The van der Waals surface area contributed by atoms with Crippen LogP contribution in [0.1, 0.15) is 24.9 Å². The molecule has 0 aliphatic carbocycles. The van der Waals surface area contributed by atoms with Crippen molar-refractivity contribution in [3.05, 3.63) is 36.2 Å². The molecule has 0 saturated carbocycles. The van der Waals surface area contributed by atoms with Crippen LogP contribution < -0.4 is 14.8 Å².